The van der Waals surface area contributed by atoms with E-state index in [0.717, 1.165) is 19.5 Å². The van der Waals surface area contributed by atoms with Crippen LogP contribution in [0.15, 0.2) is 18.5 Å². The number of hydrogen-bond acceptors (Lipinski definition) is 6. The Bertz CT molecular complexity index is 767. The first-order valence-corrected chi connectivity index (χ1v) is 8.92. The van der Waals surface area contributed by atoms with E-state index in [0.29, 0.717) is 34.5 Å². The quantitative estimate of drug-likeness (QED) is 0.788. The summed E-state index contributed by atoms with van der Waals surface area (Å²) in [4.78, 5) is 17.0. The SMILES string of the molecule is COc1cc(-n2cnnn2)c(Cl)cc1C(=O)N(C)CC1CCCN(C)C1. The number of rotatable bonds is 5. The summed E-state index contributed by atoms with van der Waals surface area (Å²) in [6, 6.07) is 3.29. The van der Waals surface area contributed by atoms with Crippen molar-refractivity contribution in [3.8, 4) is 11.4 Å². The molecular weight excluding hydrogens is 356 g/mol. The van der Waals surface area contributed by atoms with Crippen LogP contribution in [0.5, 0.6) is 5.75 Å². The maximum atomic E-state index is 13.0. The molecule has 26 heavy (non-hydrogen) atoms. The van der Waals surface area contributed by atoms with Crippen molar-refractivity contribution in [3.63, 3.8) is 0 Å². The van der Waals surface area contributed by atoms with Gasteiger partial charge in [0.05, 0.1) is 23.4 Å². The van der Waals surface area contributed by atoms with Crippen LogP contribution in [0.1, 0.15) is 23.2 Å². The van der Waals surface area contributed by atoms with Crippen LogP contribution in [-0.4, -0.2) is 76.8 Å². The molecule has 0 spiro atoms. The van der Waals surface area contributed by atoms with Gasteiger partial charge in [-0.3, -0.25) is 4.79 Å². The lowest BCUT2D eigenvalue weighted by Gasteiger charge is -2.32. The predicted octanol–water partition coefficient (Wildman–Crippen LogP) is 1.74. The number of benzene rings is 1. The molecule has 0 bridgehead atoms. The molecular formula is C17H23ClN6O2. The fourth-order valence-electron chi connectivity index (χ4n) is 3.42. The second-order valence-corrected chi connectivity index (χ2v) is 7.12. The van der Waals surface area contributed by atoms with E-state index in [1.165, 1.54) is 24.5 Å². The van der Waals surface area contributed by atoms with E-state index < -0.39 is 0 Å². The highest BCUT2D eigenvalue weighted by Crippen LogP contribution is 2.30. The number of nitrogens with zero attached hydrogens (tertiary/aromatic N) is 6. The monoisotopic (exact) mass is 378 g/mol. The third-order valence-corrected chi connectivity index (χ3v) is 5.00. The third kappa shape index (κ3) is 3.96. The lowest BCUT2D eigenvalue weighted by Crippen LogP contribution is -2.40. The first kappa shape index (κ1) is 18.6. The van der Waals surface area contributed by atoms with Gasteiger partial charge in [-0.05, 0) is 48.8 Å². The lowest BCUT2D eigenvalue weighted by molar-refractivity contribution is 0.0737. The number of likely N-dealkylation sites (tertiary alicyclic amines) is 1. The summed E-state index contributed by atoms with van der Waals surface area (Å²) in [6.07, 6.45) is 3.74. The summed E-state index contributed by atoms with van der Waals surface area (Å²) in [5, 5.41) is 11.4. The summed E-state index contributed by atoms with van der Waals surface area (Å²) in [5.74, 6) is 0.808. The van der Waals surface area contributed by atoms with Gasteiger partial charge in [-0.1, -0.05) is 11.6 Å². The molecule has 3 rings (SSSR count). The first-order chi connectivity index (χ1) is 12.5. The zero-order valence-electron chi connectivity index (χ0n) is 15.2. The van der Waals surface area contributed by atoms with Crippen LogP contribution in [0.25, 0.3) is 5.69 Å². The van der Waals surface area contributed by atoms with E-state index in [-0.39, 0.29) is 5.91 Å². The summed E-state index contributed by atoms with van der Waals surface area (Å²) >= 11 is 6.36. The molecule has 2 heterocycles. The Balaban J connectivity index is 1.81. The Morgan fingerprint density at radius 1 is 1.46 bits per heavy atom. The second kappa shape index (κ2) is 8.01. The van der Waals surface area contributed by atoms with Crippen LogP contribution < -0.4 is 4.74 Å². The van der Waals surface area contributed by atoms with Crippen LogP contribution in [0.4, 0.5) is 0 Å². The zero-order valence-corrected chi connectivity index (χ0v) is 16.0. The van der Waals surface area contributed by atoms with Gasteiger partial charge in [-0.15, -0.1) is 5.10 Å². The van der Waals surface area contributed by atoms with Gasteiger partial charge in [0.1, 0.15) is 12.1 Å². The number of halogens is 1. The largest absolute Gasteiger partial charge is 0.496 e. The van der Waals surface area contributed by atoms with Crippen LogP contribution >= 0.6 is 11.6 Å². The van der Waals surface area contributed by atoms with Crippen molar-refractivity contribution in [3.05, 3.63) is 29.0 Å². The normalized spacial score (nSPS) is 17.9. The Morgan fingerprint density at radius 3 is 2.92 bits per heavy atom. The van der Waals surface area contributed by atoms with Crippen molar-refractivity contribution in [1.29, 1.82) is 0 Å². The number of methoxy groups -OCH3 is 1. The maximum absolute atomic E-state index is 13.0. The van der Waals surface area contributed by atoms with Gasteiger partial charge in [-0.25, -0.2) is 0 Å². The van der Waals surface area contributed by atoms with Crippen LogP contribution in [-0.2, 0) is 0 Å². The van der Waals surface area contributed by atoms with Crippen molar-refractivity contribution in [2.45, 2.75) is 12.8 Å². The minimum Gasteiger partial charge on any atom is -0.496 e. The second-order valence-electron chi connectivity index (χ2n) is 6.71. The Morgan fingerprint density at radius 2 is 2.27 bits per heavy atom. The van der Waals surface area contributed by atoms with E-state index in [1.807, 2.05) is 7.05 Å². The van der Waals surface area contributed by atoms with Crippen LogP contribution in [0.2, 0.25) is 5.02 Å². The average Bonchev–Trinajstić information content (AvgIpc) is 3.15. The zero-order chi connectivity index (χ0) is 18.7. The number of ether oxygens (including phenoxy) is 1. The average molecular weight is 379 g/mol. The maximum Gasteiger partial charge on any atom is 0.257 e. The van der Waals surface area contributed by atoms with Gasteiger partial charge in [0.2, 0.25) is 0 Å². The van der Waals surface area contributed by atoms with Crippen molar-refractivity contribution in [1.82, 2.24) is 30.0 Å². The molecule has 0 aliphatic carbocycles. The van der Waals surface area contributed by atoms with Gasteiger partial charge in [-0.2, -0.15) is 4.68 Å². The van der Waals surface area contributed by atoms with E-state index in [1.54, 1.807) is 17.0 Å². The molecule has 1 aliphatic rings. The molecule has 9 heteroatoms. The Kier molecular flexibility index (Phi) is 5.73. The number of amides is 1. The molecule has 1 atom stereocenters. The number of hydrogen-bond donors (Lipinski definition) is 0. The lowest BCUT2D eigenvalue weighted by atomic mass is 9.97. The Labute approximate surface area is 157 Å². The third-order valence-electron chi connectivity index (χ3n) is 4.70. The molecule has 2 aromatic rings. The molecule has 1 unspecified atom stereocenters. The molecule has 1 aromatic carbocycles. The molecule has 0 N–H and O–H groups in total. The van der Waals surface area contributed by atoms with Gasteiger partial charge < -0.3 is 14.5 Å². The summed E-state index contributed by atoms with van der Waals surface area (Å²) in [6.45, 7) is 2.84. The van der Waals surface area contributed by atoms with Gasteiger partial charge in [0.25, 0.3) is 5.91 Å². The molecule has 0 radical (unpaired) electrons. The van der Waals surface area contributed by atoms with Crippen molar-refractivity contribution < 1.29 is 9.53 Å². The number of aromatic nitrogens is 4. The molecule has 0 saturated carbocycles. The summed E-state index contributed by atoms with van der Waals surface area (Å²) in [5.41, 5.74) is 0.989. The molecule has 1 aromatic heterocycles. The molecule has 1 saturated heterocycles. The fraction of sp³-hybridized carbons (Fsp3) is 0.529. The van der Waals surface area contributed by atoms with Gasteiger partial charge in [0.15, 0.2) is 0 Å². The first-order valence-electron chi connectivity index (χ1n) is 8.54. The van der Waals surface area contributed by atoms with Crippen molar-refractivity contribution in [2.24, 2.45) is 5.92 Å². The molecule has 1 fully saturated rings. The van der Waals surface area contributed by atoms with Crippen LogP contribution in [0, 0.1) is 5.92 Å². The summed E-state index contributed by atoms with van der Waals surface area (Å²) < 4.78 is 6.85. The van der Waals surface area contributed by atoms with Gasteiger partial charge in [0, 0.05) is 26.2 Å². The molecule has 8 nitrogen and oxygen atoms in total. The molecule has 140 valence electrons. The van der Waals surface area contributed by atoms with Crippen LogP contribution in [0.3, 0.4) is 0 Å². The van der Waals surface area contributed by atoms with E-state index in [2.05, 4.69) is 27.5 Å². The van der Waals surface area contributed by atoms with E-state index in [4.69, 9.17) is 16.3 Å². The van der Waals surface area contributed by atoms with Crippen molar-refractivity contribution in [2.75, 3.05) is 40.8 Å². The molecule has 1 amide bonds. The standard InChI is InChI=1S/C17H23ClN6O2/c1-22-6-4-5-12(9-22)10-23(2)17(25)13-7-14(18)15(8-16(13)26-3)24-11-19-20-21-24/h7-8,11-12H,4-6,9-10H2,1-3H3. The van der Waals surface area contributed by atoms with E-state index in [9.17, 15) is 4.79 Å². The smallest absolute Gasteiger partial charge is 0.257 e. The number of carbonyl (C=O) groups is 1. The van der Waals surface area contributed by atoms with Crippen molar-refractivity contribution >= 4 is 17.5 Å². The predicted molar refractivity (Wildman–Crippen MR) is 97.9 cm³/mol. The van der Waals surface area contributed by atoms with Gasteiger partial charge >= 0.3 is 0 Å². The Hall–Kier alpha value is -2.19. The number of tetrazole rings is 1. The highest BCUT2D eigenvalue weighted by Gasteiger charge is 2.24. The number of carbonyl (C=O) groups excluding carboxylic acids is 1. The topological polar surface area (TPSA) is 76.4 Å². The minimum atomic E-state index is -0.111. The fourth-order valence-corrected chi connectivity index (χ4v) is 3.67. The van der Waals surface area contributed by atoms with E-state index >= 15 is 0 Å². The summed E-state index contributed by atoms with van der Waals surface area (Å²) in [7, 11) is 5.47. The highest BCUT2D eigenvalue weighted by molar-refractivity contribution is 6.33. The highest BCUT2D eigenvalue weighted by atomic mass is 35.5. The minimum absolute atomic E-state index is 0.111. The molecule has 1 aliphatic heterocycles. The number of piperidine rings is 1.